The van der Waals surface area contributed by atoms with Gasteiger partial charge >= 0.3 is 0 Å². The quantitative estimate of drug-likeness (QED) is 0.488. The van der Waals surface area contributed by atoms with Crippen molar-refractivity contribution in [3.63, 3.8) is 0 Å². The van der Waals surface area contributed by atoms with Crippen LogP contribution >= 0.6 is 0 Å². The Kier molecular flexibility index (Phi) is 6.31. The molecule has 0 N–H and O–H groups in total. The topological polar surface area (TPSA) is 66.4 Å². The predicted molar refractivity (Wildman–Crippen MR) is 53.5 cm³/mol. The van der Waals surface area contributed by atoms with Gasteiger partial charge in [-0.25, -0.2) is 8.42 Å². The maximum absolute atomic E-state index is 10.1. The monoisotopic (exact) mass is 223 g/mol. The molecular formula is C9H19O4S-. The Hall–Kier alpha value is -0.130. The highest BCUT2D eigenvalue weighted by Crippen LogP contribution is 2.12. The Balaban J connectivity index is 3.51. The third-order valence-electron chi connectivity index (χ3n) is 1.98. The van der Waals surface area contributed by atoms with Gasteiger partial charge in [0.1, 0.15) is 0 Å². The summed E-state index contributed by atoms with van der Waals surface area (Å²) in [5.74, 6) is 0.781. The fourth-order valence-electron chi connectivity index (χ4n) is 1.16. The molecule has 0 spiro atoms. The van der Waals surface area contributed by atoms with Gasteiger partial charge in [-0.1, -0.05) is 33.6 Å². The standard InChI is InChI=1S/C9H20O4S/c1-8(2)5-4-6-9(3)7-13-14(10,11)12/h8-9H,4-7H2,1-3H3,(H,10,11,12)/p-1/t9-/m0/s1. The molecule has 0 aliphatic heterocycles. The van der Waals surface area contributed by atoms with Crippen LogP contribution < -0.4 is 0 Å². The molecule has 0 saturated heterocycles. The predicted octanol–water partition coefficient (Wildman–Crippen LogP) is 1.93. The van der Waals surface area contributed by atoms with E-state index in [9.17, 15) is 13.0 Å². The Bertz CT molecular complexity index is 233. The van der Waals surface area contributed by atoms with Gasteiger partial charge in [0.2, 0.25) is 10.4 Å². The molecule has 1 atom stereocenters. The van der Waals surface area contributed by atoms with Crippen molar-refractivity contribution in [1.82, 2.24) is 0 Å². The molecule has 86 valence electrons. The Morgan fingerprint density at radius 2 is 1.79 bits per heavy atom. The summed E-state index contributed by atoms with van der Waals surface area (Å²) in [6.45, 7) is 6.17. The van der Waals surface area contributed by atoms with Crippen molar-refractivity contribution >= 4 is 10.4 Å². The van der Waals surface area contributed by atoms with Crippen molar-refractivity contribution in [2.45, 2.75) is 40.0 Å². The highest BCUT2D eigenvalue weighted by Gasteiger charge is 2.05. The normalized spacial score (nSPS) is 14.6. The van der Waals surface area contributed by atoms with Gasteiger partial charge in [-0.15, -0.1) is 0 Å². The fraction of sp³-hybridized carbons (Fsp3) is 1.00. The largest absolute Gasteiger partial charge is 0.726 e. The van der Waals surface area contributed by atoms with Gasteiger partial charge in [0.25, 0.3) is 0 Å². The van der Waals surface area contributed by atoms with Crippen LogP contribution in [0.1, 0.15) is 40.0 Å². The molecule has 0 amide bonds. The summed E-state index contributed by atoms with van der Waals surface area (Å²) in [4.78, 5) is 0. The summed E-state index contributed by atoms with van der Waals surface area (Å²) in [6.07, 6.45) is 3.06. The van der Waals surface area contributed by atoms with Crippen molar-refractivity contribution in [1.29, 1.82) is 0 Å². The molecule has 0 rings (SSSR count). The lowest BCUT2D eigenvalue weighted by Gasteiger charge is -2.13. The van der Waals surface area contributed by atoms with Crippen LogP contribution in [0.5, 0.6) is 0 Å². The van der Waals surface area contributed by atoms with Crippen LogP contribution in [-0.2, 0) is 14.6 Å². The molecule has 4 nitrogen and oxygen atoms in total. The minimum Gasteiger partial charge on any atom is -0.726 e. The maximum Gasteiger partial charge on any atom is 0.217 e. The minimum absolute atomic E-state index is 0.00390. The average molecular weight is 223 g/mol. The van der Waals surface area contributed by atoms with Gasteiger partial charge in [-0.2, -0.15) is 0 Å². The molecule has 0 heterocycles. The summed E-state index contributed by atoms with van der Waals surface area (Å²) in [5.41, 5.74) is 0. The van der Waals surface area contributed by atoms with E-state index in [1.807, 2.05) is 6.92 Å². The lowest BCUT2D eigenvalue weighted by atomic mass is 10.0. The zero-order chi connectivity index (χ0) is 11.2. The molecule has 0 aromatic carbocycles. The molecule has 0 fully saturated rings. The zero-order valence-corrected chi connectivity index (χ0v) is 9.84. The second kappa shape index (κ2) is 6.37. The van der Waals surface area contributed by atoms with E-state index in [-0.39, 0.29) is 12.5 Å². The van der Waals surface area contributed by atoms with E-state index in [4.69, 9.17) is 0 Å². The van der Waals surface area contributed by atoms with E-state index in [1.54, 1.807) is 0 Å². The number of hydrogen-bond donors (Lipinski definition) is 0. The second-order valence-electron chi connectivity index (χ2n) is 4.12. The van der Waals surface area contributed by atoms with E-state index in [2.05, 4.69) is 18.0 Å². The Morgan fingerprint density at radius 1 is 1.21 bits per heavy atom. The maximum atomic E-state index is 10.1. The summed E-state index contributed by atoms with van der Waals surface area (Å²) < 4.78 is 34.6. The number of rotatable bonds is 7. The van der Waals surface area contributed by atoms with Gasteiger partial charge in [0, 0.05) is 0 Å². The first-order valence-corrected chi connectivity index (χ1v) is 6.25. The molecule has 14 heavy (non-hydrogen) atoms. The molecule has 0 aliphatic carbocycles. The summed E-state index contributed by atoms with van der Waals surface area (Å²) in [6, 6.07) is 0. The fourth-order valence-corrected chi connectivity index (χ4v) is 1.56. The van der Waals surface area contributed by atoms with Crippen LogP contribution in [-0.4, -0.2) is 19.6 Å². The summed E-state index contributed by atoms with van der Waals surface area (Å²) in [7, 11) is -4.51. The number of hydrogen-bond acceptors (Lipinski definition) is 4. The van der Waals surface area contributed by atoms with Crippen molar-refractivity contribution in [3.8, 4) is 0 Å². The third kappa shape index (κ3) is 9.95. The first kappa shape index (κ1) is 13.9. The van der Waals surface area contributed by atoms with Gasteiger partial charge in [-0.3, -0.25) is 4.18 Å². The van der Waals surface area contributed by atoms with Crippen LogP contribution in [0.4, 0.5) is 0 Å². The SMILES string of the molecule is CC(C)CCC[C@H](C)COS(=O)(=O)[O-]. The highest BCUT2D eigenvalue weighted by atomic mass is 32.3. The first-order chi connectivity index (χ1) is 6.31. The molecule has 0 aliphatic rings. The smallest absolute Gasteiger partial charge is 0.217 e. The van der Waals surface area contributed by atoms with Crippen LogP contribution in [0.15, 0.2) is 0 Å². The zero-order valence-electron chi connectivity index (χ0n) is 9.02. The van der Waals surface area contributed by atoms with Crippen LogP contribution in [0, 0.1) is 11.8 Å². The second-order valence-corrected chi connectivity index (χ2v) is 5.17. The summed E-state index contributed by atoms with van der Waals surface area (Å²) in [5, 5.41) is 0. The van der Waals surface area contributed by atoms with Gasteiger partial charge in [0.15, 0.2) is 0 Å². The molecule has 5 heteroatoms. The van der Waals surface area contributed by atoms with E-state index < -0.39 is 10.4 Å². The van der Waals surface area contributed by atoms with Crippen LogP contribution in [0.25, 0.3) is 0 Å². The van der Waals surface area contributed by atoms with Crippen molar-refractivity contribution in [2.75, 3.05) is 6.61 Å². The highest BCUT2D eigenvalue weighted by molar-refractivity contribution is 7.80. The van der Waals surface area contributed by atoms with Crippen LogP contribution in [0.3, 0.4) is 0 Å². The molecule has 0 bridgehead atoms. The lowest BCUT2D eigenvalue weighted by molar-refractivity contribution is 0.217. The van der Waals surface area contributed by atoms with Crippen molar-refractivity contribution < 1.29 is 17.2 Å². The first-order valence-electron chi connectivity index (χ1n) is 4.91. The third-order valence-corrected chi connectivity index (χ3v) is 2.40. The van der Waals surface area contributed by atoms with E-state index in [1.165, 1.54) is 0 Å². The Morgan fingerprint density at radius 3 is 2.21 bits per heavy atom. The van der Waals surface area contributed by atoms with Gasteiger partial charge in [0.05, 0.1) is 6.61 Å². The minimum atomic E-state index is -4.51. The van der Waals surface area contributed by atoms with Gasteiger partial charge < -0.3 is 4.55 Å². The van der Waals surface area contributed by atoms with E-state index in [0.29, 0.717) is 5.92 Å². The van der Waals surface area contributed by atoms with Gasteiger partial charge in [-0.05, 0) is 18.3 Å². The molecule has 0 radical (unpaired) electrons. The summed E-state index contributed by atoms with van der Waals surface area (Å²) >= 11 is 0. The van der Waals surface area contributed by atoms with Crippen molar-refractivity contribution in [2.24, 2.45) is 11.8 Å². The van der Waals surface area contributed by atoms with E-state index in [0.717, 1.165) is 19.3 Å². The molecule has 0 aromatic rings. The lowest BCUT2D eigenvalue weighted by Crippen LogP contribution is -2.11. The average Bonchev–Trinajstić information content (AvgIpc) is 1.99. The molecule has 0 unspecified atom stereocenters. The molecule has 0 aromatic heterocycles. The molecular weight excluding hydrogens is 204 g/mol. The van der Waals surface area contributed by atoms with E-state index >= 15 is 0 Å². The molecule has 0 saturated carbocycles. The Labute approximate surface area is 86.6 Å². The van der Waals surface area contributed by atoms with Crippen LogP contribution in [0.2, 0.25) is 0 Å². The van der Waals surface area contributed by atoms with Crippen molar-refractivity contribution in [3.05, 3.63) is 0 Å².